The van der Waals surface area contributed by atoms with Crippen LogP contribution in [0.5, 0.6) is 0 Å². The number of hydrogen-bond donors (Lipinski definition) is 2. The number of epoxide rings is 1. The van der Waals surface area contributed by atoms with Crippen molar-refractivity contribution in [2.45, 2.75) is 122 Å². The van der Waals surface area contributed by atoms with E-state index in [0.717, 1.165) is 42.0 Å². The van der Waals surface area contributed by atoms with Crippen LogP contribution in [0.3, 0.4) is 0 Å². The number of rotatable bonds is 3. The molecule has 8 heteroatoms. The third kappa shape index (κ3) is 6.02. The number of aryl methyl sites for hydroxylation is 1. The summed E-state index contributed by atoms with van der Waals surface area (Å²) < 4.78 is 12.1. The largest absolute Gasteiger partial charge is 0.458 e. The summed E-state index contributed by atoms with van der Waals surface area (Å²) in [6, 6.07) is 0. The summed E-state index contributed by atoms with van der Waals surface area (Å²) in [6.45, 7) is 9.90. The highest BCUT2D eigenvalue weighted by molar-refractivity contribution is 7.09. The van der Waals surface area contributed by atoms with Crippen molar-refractivity contribution in [2.75, 3.05) is 0 Å². The van der Waals surface area contributed by atoms with Crippen LogP contribution in [0.4, 0.5) is 0 Å². The molecule has 1 saturated carbocycles. The van der Waals surface area contributed by atoms with E-state index in [1.807, 2.05) is 39.2 Å². The normalized spacial score (nSPS) is 37.5. The first-order chi connectivity index (χ1) is 17.5. The van der Waals surface area contributed by atoms with Crippen LogP contribution in [0.15, 0.2) is 11.0 Å². The molecule has 1 aliphatic carbocycles. The lowest BCUT2D eigenvalue weighted by molar-refractivity contribution is -0.162. The van der Waals surface area contributed by atoms with Crippen LogP contribution in [0.1, 0.15) is 96.2 Å². The number of ketones is 1. The van der Waals surface area contributed by atoms with E-state index < -0.39 is 35.6 Å². The number of esters is 1. The summed E-state index contributed by atoms with van der Waals surface area (Å²) in [5.41, 5.74) is 0.442. The Kier molecular flexibility index (Phi) is 8.63. The van der Waals surface area contributed by atoms with Gasteiger partial charge < -0.3 is 19.7 Å². The first kappa shape index (κ1) is 28.4. The molecule has 7 atom stereocenters. The van der Waals surface area contributed by atoms with Crippen molar-refractivity contribution in [1.82, 2.24) is 4.98 Å². The Balaban J connectivity index is 1.59. The van der Waals surface area contributed by atoms with Crippen LogP contribution in [0.25, 0.3) is 6.08 Å². The van der Waals surface area contributed by atoms with Gasteiger partial charge in [0.05, 0.1) is 46.5 Å². The van der Waals surface area contributed by atoms with E-state index in [-0.39, 0.29) is 29.8 Å². The molecule has 0 aromatic carbocycles. The molecule has 7 nitrogen and oxygen atoms in total. The zero-order valence-corrected chi connectivity index (χ0v) is 23.7. The van der Waals surface area contributed by atoms with E-state index in [4.69, 9.17) is 9.47 Å². The molecular formula is C29H43NO6S. The van der Waals surface area contributed by atoms with Gasteiger partial charge in [0.25, 0.3) is 0 Å². The van der Waals surface area contributed by atoms with Gasteiger partial charge in [0.15, 0.2) is 0 Å². The summed E-state index contributed by atoms with van der Waals surface area (Å²) in [5, 5.41) is 25.3. The minimum absolute atomic E-state index is 0.0354. The van der Waals surface area contributed by atoms with Crippen molar-refractivity contribution in [3.63, 3.8) is 0 Å². The standard InChI is InChI=1S/C29H43NO6S/c1-6-21-26(33)17(2)9-7-10-28(5)24(36-28)14-22(18(3)13-20-16-37-19(4)30-20)35-25(32)15-23(31)29(27(21)34)11-8-12-29/h13,16-17,21-24,26,31,33H,6-12,14-15H2,1-5H3/t17-,21+,22-,23-,24-,26-,28-/m0/s1. The van der Waals surface area contributed by atoms with Crippen molar-refractivity contribution in [2.24, 2.45) is 17.3 Å². The third-order valence-electron chi connectivity index (χ3n) is 9.10. The number of ether oxygens (including phenoxy) is 2. The van der Waals surface area contributed by atoms with Gasteiger partial charge in [-0.1, -0.05) is 26.7 Å². The van der Waals surface area contributed by atoms with Crippen LogP contribution in [0.2, 0.25) is 0 Å². The van der Waals surface area contributed by atoms with E-state index >= 15 is 0 Å². The van der Waals surface area contributed by atoms with Crippen LogP contribution in [-0.4, -0.2) is 57.0 Å². The second kappa shape index (κ2) is 11.2. The molecule has 0 radical (unpaired) electrons. The number of nitrogens with zero attached hydrogens (tertiary/aromatic N) is 1. The highest BCUT2D eigenvalue weighted by atomic mass is 32.1. The van der Waals surface area contributed by atoms with Gasteiger partial charge in [-0.25, -0.2) is 4.98 Å². The van der Waals surface area contributed by atoms with E-state index in [0.29, 0.717) is 25.7 Å². The SMILES string of the molecule is CC[C@H]1C(=O)C2(CCC2)[C@@H](O)CC(=O)O[C@H](C(C)=Cc2csc(C)n2)C[C@@H]2O[C@@]2(C)CCC[C@H](C)[C@@H]1O. The summed E-state index contributed by atoms with van der Waals surface area (Å²) >= 11 is 1.57. The average Bonchev–Trinajstić information content (AvgIpc) is 3.24. The van der Waals surface area contributed by atoms with Gasteiger partial charge in [-0.15, -0.1) is 11.3 Å². The molecule has 0 bridgehead atoms. The Morgan fingerprint density at radius 2 is 1.97 bits per heavy atom. The fourth-order valence-corrected chi connectivity index (χ4v) is 6.83. The van der Waals surface area contributed by atoms with Crippen molar-refractivity contribution in [3.8, 4) is 0 Å². The molecule has 0 amide bonds. The number of Topliss-reactive ketones (excluding diaryl/α,β-unsaturated/α-hetero) is 1. The monoisotopic (exact) mass is 533 g/mol. The van der Waals surface area contributed by atoms with Crippen LogP contribution in [0, 0.1) is 24.2 Å². The molecule has 3 heterocycles. The molecule has 0 unspecified atom stereocenters. The molecule has 2 saturated heterocycles. The minimum atomic E-state index is -1.13. The number of cyclic esters (lactones) is 1. The van der Waals surface area contributed by atoms with E-state index in [2.05, 4.69) is 11.9 Å². The molecule has 1 aromatic heterocycles. The maximum absolute atomic E-state index is 13.7. The molecule has 2 N–H and O–H groups in total. The van der Waals surface area contributed by atoms with Gasteiger partial charge in [0.2, 0.25) is 0 Å². The summed E-state index contributed by atoms with van der Waals surface area (Å²) in [4.78, 5) is 31.4. The van der Waals surface area contributed by atoms with Gasteiger partial charge in [-0.05, 0) is 70.4 Å². The fourth-order valence-electron chi connectivity index (χ4n) is 6.26. The van der Waals surface area contributed by atoms with Gasteiger partial charge in [-0.3, -0.25) is 9.59 Å². The van der Waals surface area contributed by atoms with Crippen molar-refractivity contribution in [1.29, 1.82) is 0 Å². The second-order valence-corrected chi connectivity index (χ2v) is 12.8. The Labute approximate surface area is 224 Å². The molecule has 1 spiro atoms. The highest BCUT2D eigenvalue weighted by Crippen LogP contribution is 2.49. The maximum Gasteiger partial charge on any atom is 0.309 e. The number of aliphatic hydroxyl groups excluding tert-OH is 2. The lowest BCUT2D eigenvalue weighted by atomic mass is 9.58. The number of thiazole rings is 1. The number of hydrogen-bond acceptors (Lipinski definition) is 8. The van der Waals surface area contributed by atoms with Crippen molar-refractivity contribution in [3.05, 3.63) is 21.7 Å². The van der Waals surface area contributed by atoms with E-state index in [1.165, 1.54) is 0 Å². The van der Waals surface area contributed by atoms with Crippen molar-refractivity contribution < 1.29 is 29.3 Å². The fraction of sp³-hybridized carbons (Fsp3) is 0.759. The molecule has 206 valence electrons. The number of fused-ring (bicyclic) bond motifs is 1. The quantitative estimate of drug-likeness (QED) is 0.415. The summed E-state index contributed by atoms with van der Waals surface area (Å²) in [7, 11) is 0. The summed E-state index contributed by atoms with van der Waals surface area (Å²) in [6.07, 6.45) is 4.74. The van der Waals surface area contributed by atoms with E-state index in [9.17, 15) is 19.8 Å². The van der Waals surface area contributed by atoms with Crippen LogP contribution >= 0.6 is 11.3 Å². The number of carbonyl (C=O) groups is 2. The molecule has 1 aromatic rings. The van der Waals surface area contributed by atoms with Gasteiger partial charge in [0.1, 0.15) is 11.9 Å². The molecular weight excluding hydrogens is 490 g/mol. The zero-order chi connectivity index (χ0) is 27.0. The van der Waals surface area contributed by atoms with Crippen LogP contribution < -0.4 is 0 Å². The zero-order valence-electron chi connectivity index (χ0n) is 22.9. The third-order valence-corrected chi connectivity index (χ3v) is 9.89. The van der Waals surface area contributed by atoms with Gasteiger partial charge in [-0.2, -0.15) is 0 Å². The lowest BCUT2D eigenvalue weighted by Crippen LogP contribution is -2.53. The maximum atomic E-state index is 13.7. The molecule has 2 aliphatic heterocycles. The Bertz CT molecular complexity index is 1020. The summed E-state index contributed by atoms with van der Waals surface area (Å²) in [5.74, 6) is -1.21. The van der Waals surface area contributed by atoms with Gasteiger partial charge in [0, 0.05) is 17.7 Å². The average molecular weight is 534 g/mol. The first-order valence-electron chi connectivity index (χ1n) is 13.9. The molecule has 4 rings (SSSR count). The highest BCUT2D eigenvalue weighted by Gasteiger charge is 2.55. The smallest absolute Gasteiger partial charge is 0.309 e. The minimum Gasteiger partial charge on any atom is -0.458 e. The topological polar surface area (TPSA) is 109 Å². The molecule has 37 heavy (non-hydrogen) atoms. The number of aromatic nitrogens is 1. The predicted octanol–water partition coefficient (Wildman–Crippen LogP) is 5.01. The molecule has 3 aliphatic rings. The van der Waals surface area contributed by atoms with Crippen molar-refractivity contribution >= 4 is 29.2 Å². The van der Waals surface area contributed by atoms with Gasteiger partial charge >= 0.3 is 5.97 Å². The Morgan fingerprint density at radius 1 is 1.24 bits per heavy atom. The van der Waals surface area contributed by atoms with Crippen LogP contribution in [-0.2, 0) is 19.1 Å². The lowest BCUT2D eigenvalue weighted by Gasteiger charge is -2.46. The Hall–Kier alpha value is -1.61. The number of aliphatic hydroxyl groups is 2. The number of carbonyl (C=O) groups excluding carboxylic acids is 2. The second-order valence-electron chi connectivity index (χ2n) is 11.8. The predicted molar refractivity (Wildman–Crippen MR) is 143 cm³/mol. The Morgan fingerprint density at radius 3 is 2.57 bits per heavy atom. The van der Waals surface area contributed by atoms with E-state index in [1.54, 1.807) is 11.3 Å². The molecule has 3 fully saturated rings. The first-order valence-corrected chi connectivity index (χ1v) is 14.7.